The Labute approximate surface area is 96.0 Å². The first kappa shape index (κ1) is 12.5. The summed E-state index contributed by atoms with van der Waals surface area (Å²) < 4.78 is 5.17. The van der Waals surface area contributed by atoms with Gasteiger partial charge >= 0.3 is 0 Å². The number of nitrogens with zero attached hydrogens (tertiary/aromatic N) is 1. The Kier molecular flexibility index (Phi) is 4.76. The van der Waals surface area contributed by atoms with E-state index in [1.165, 1.54) is 0 Å². The van der Waals surface area contributed by atoms with Gasteiger partial charge in [-0.25, -0.2) is 0 Å². The molecule has 1 heterocycles. The number of aromatic nitrogens is 1. The molecule has 0 fully saturated rings. The summed E-state index contributed by atoms with van der Waals surface area (Å²) in [5.74, 6) is 1.18. The number of methoxy groups -OCH3 is 1. The highest BCUT2D eigenvalue weighted by molar-refractivity contribution is 5.76. The molecular weight excluding hydrogens is 204 g/mol. The van der Waals surface area contributed by atoms with E-state index in [2.05, 4.69) is 10.3 Å². The van der Waals surface area contributed by atoms with Gasteiger partial charge in [-0.05, 0) is 12.0 Å². The van der Waals surface area contributed by atoms with Crippen molar-refractivity contribution in [2.45, 2.75) is 26.8 Å². The second-order valence-corrected chi connectivity index (χ2v) is 4.06. The van der Waals surface area contributed by atoms with E-state index in [4.69, 9.17) is 4.74 Å². The molecule has 0 aliphatic carbocycles. The Balaban J connectivity index is 2.51. The van der Waals surface area contributed by atoms with Crippen LogP contribution in [0.5, 0.6) is 5.75 Å². The smallest absolute Gasteiger partial charge is 0.220 e. The molecular formula is C12H18N2O2. The molecule has 0 aliphatic heterocycles. The van der Waals surface area contributed by atoms with Crippen LogP contribution in [0, 0.1) is 5.92 Å². The van der Waals surface area contributed by atoms with Crippen LogP contribution in [0.2, 0.25) is 0 Å². The first-order valence-corrected chi connectivity index (χ1v) is 5.37. The summed E-state index contributed by atoms with van der Waals surface area (Å²) >= 11 is 0. The Hall–Kier alpha value is -1.58. The van der Waals surface area contributed by atoms with Crippen LogP contribution in [-0.2, 0) is 11.3 Å². The molecule has 88 valence electrons. The van der Waals surface area contributed by atoms with Gasteiger partial charge in [-0.15, -0.1) is 0 Å². The molecule has 1 aromatic rings. The summed E-state index contributed by atoms with van der Waals surface area (Å²) in [6.45, 7) is 4.50. The van der Waals surface area contributed by atoms with E-state index in [-0.39, 0.29) is 5.91 Å². The molecule has 0 radical (unpaired) electrons. The van der Waals surface area contributed by atoms with E-state index in [1.807, 2.05) is 13.8 Å². The van der Waals surface area contributed by atoms with Crippen LogP contribution in [0.3, 0.4) is 0 Å². The zero-order chi connectivity index (χ0) is 12.0. The van der Waals surface area contributed by atoms with Crippen molar-refractivity contribution in [1.29, 1.82) is 0 Å². The van der Waals surface area contributed by atoms with E-state index >= 15 is 0 Å². The molecule has 0 aliphatic rings. The van der Waals surface area contributed by atoms with Gasteiger partial charge in [0.15, 0.2) is 0 Å². The summed E-state index contributed by atoms with van der Waals surface area (Å²) in [5, 5.41) is 2.85. The number of carbonyl (C=O) groups is 1. The van der Waals surface area contributed by atoms with Crippen LogP contribution < -0.4 is 10.1 Å². The molecule has 0 saturated carbocycles. The number of pyridine rings is 1. The number of carbonyl (C=O) groups excluding carboxylic acids is 1. The second kappa shape index (κ2) is 6.10. The van der Waals surface area contributed by atoms with Crippen LogP contribution in [0.25, 0.3) is 0 Å². The molecule has 0 saturated heterocycles. The van der Waals surface area contributed by atoms with Gasteiger partial charge < -0.3 is 10.1 Å². The maximum absolute atomic E-state index is 11.5. The van der Waals surface area contributed by atoms with E-state index in [0.29, 0.717) is 18.9 Å². The highest BCUT2D eigenvalue weighted by Crippen LogP contribution is 2.15. The number of hydrogen-bond acceptors (Lipinski definition) is 3. The van der Waals surface area contributed by atoms with Gasteiger partial charge in [-0.2, -0.15) is 0 Å². The third kappa shape index (κ3) is 3.88. The van der Waals surface area contributed by atoms with Crippen molar-refractivity contribution in [2.75, 3.05) is 7.11 Å². The summed E-state index contributed by atoms with van der Waals surface area (Å²) in [4.78, 5) is 15.5. The fourth-order valence-electron chi connectivity index (χ4n) is 1.38. The predicted molar refractivity (Wildman–Crippen MR) is 62.1 cm³/mol. The average molecular weight is 222 g/mol. The molecule has 1 N–H and O–H groups in total. The van der Waals surface area contributed by atoms with Crippen molar-refractivity contribution < 1.29 is 9.53 Å². The van der Waals surface area contributed by atoms with Crippen molar-refractivity contribution in [3.05, 3.63) is 24.0 Å². The summed E-state index contributed by atoms with van der Waals surface area (Å²) in [7, 11) is 1.61. The van der Waals surface area contributed by atoms with Gasteiger partial charge in [-0.3, -0.25) is 9.78 Å². The monoisotopic (exact) mass is 222 g/mol. The Morgan fingerprint density at radius 2 is 2.31 bits per heavy atom. The summed E-state index contributed by atoms with van der Waals surface area (Å²) in [5.41, 5.74) is 0.891. The zero-order valence-corrected chi connectivity index (χ0v) is 9.99. The Bertz CT molecular complexity index is 351. The SMILES string of the molecule is COc1ccncc1CNC(=O)CC(C)C. The van der Waals surface area contributed by atoms with E-state index in [1.54, 1.807) is 25.6 Å². The quantitative estimate of drug-likeness (QED) is 0.825. The number of rotatable bonds is 5. The van der Waals surface area contributed by atoms with E-state index < -0.39 is 0 Å². The molecule has 1 amide bonds. The molecule has 1 rings (SSSR count). The first-order chi connectivity index (χ1) is 7.63. The standard InChI is InChI=1S/C12H18N2O2/c1-9(2)6-12(15)14-8-10-7-13-5-4-11(10)16-3/h4-5,7,9H,6,8H2,1-3H3,(H,14,15). The van der Waals surface area contributed by atoms with Gasteiger partial charge in [-0.1, -0.05) is 13.8 Å². The van der Waals surface area contributed by atoms with Crippen molar-refractivity contribution in [3.63, 3.8) is 0 Å². The van der Waals surface area contributed by atoms with Crippen LogP contribution in [-0.4, -0.2) is 18.0 Å². The maximum Gasteiger partial charge on any atom is 0.220 e. The number of nitrogens with one attached hydrogen (secondary N) is 1. The average Bonchev–Trinajstić information content (AvgIpc) is 2.26. The second-order valence-electron chi connectivity index (χ2n) is 4.06. The highest BCUT2D eigenvalue weighted by Gasteiger charge is 2.06. The molecule has 0 unspecified atom stereocenters. The van der Waals surface area contributed by atoms with Gasteiger partial charge in [0, 0.05) is 30.9 Å². The number of ether oxygens (including phenoxy) is 1. The Morgan fingerprint density at radius 3 is 2.94 bits per heavy atom. The molecule has 0 atom stereocenters. The van der Waals surface area contributed by atoms with Crippen LogP contribution in [0.15, 0.2) is 18.5 Å². The van der Waals surface area contributed by atoms with Crippen molar-refractivity contribution >= 4 is 5.91 Å². The van der Waals surface area contributed by atoms with E-state index in [0.717, 1.165) is 11.3 Å². The third-order valence-electron chi connectivity index (χ3n) is 2.15. The van der Waals surface area contributed by atoms with Crippen LogP contribution in [0.4, 0.5) is 0 Å². The Morgan fingerprint density at radius 1 is 1.56 bits per heavy atom. The maximum atomic E-state index is 11.5. The topological polar surface area (TPSA) is 51.2 Å². The molecule has 1 aromatic heterocycles. The van der Waals surface area contributed by atoms with Gasteiger partial charge in [0.25, 0.3) is 0 Å². The molecule has 4 nitrogen and oxygen atoms in total. The molecule has 0 aromatic carbocycles. The summed E-state index contributed by atoms with van der Waals surface area (Å²) in [6.07, 6.45) is 3.91. The van der Waals surface area contributed by atoms with Crippen LogP contribution in [0.1, 0.15) is 25.8 Å². The van der Waals surface area contributed by atoms with Crippen molar-refractivity contribution in [3.8, 4) is 5.75 Å². The predicted octanol–water partition coefficient (Wildman–Crippen LogP) is 1.75. The summed E-state index contributed by atoms with van der Waals surface area (Å²) in [6, 6.07) is 1.78. The van der Waals surface area contributed by atoms with Gasteiger partial charge in [0.05, 0.1) is 7.11 Å². The molecule has 16 heavy (non-hydrogen) atoms. The van der Waals surface area contributed by atoms with Crippen LogP contribution >= 0.6 is 0 Å². The van der Waals surface area contributed by atoms with Crippen molar-refractivity contribution in [2.24, 2.45) is 5.92 Å². The number of hydrogen-bond donors (Lipinski definition) is 1. The zero-order valence-electron chi connectivity index (χ0n) is 9.99. The lowest BCUT2D eigenvalue weighted by Crippen LogP contribution is -2.24. The minimum atomic E-state index is 0.0564. The molecule has 0 spiro atoms. The molecule has 4 heteroatoms. The lowest BCUT2D eigenvalue weighted by molar-refractivity contribution is -0.121. The first-order valence-electron chi connectivity index (χ1n) is 5.37. The van der Waals surface area contributed by atoms with Gasteiger partial charge in [0.2, 0.25) is 5.91 Å². The normalized spacial score (nSPS) is 10.2. The van der Waals surface area contributed by atoms with Crippen molar-refractivity contribution in [1.82, 2.24) is 10.3 Å². The minimum Gasteiger partial charge on any atom is -0.496 e. The minimum absolute atomic E-state index is 0.0564. The van der Waals surface area contributed by atoms with Gasteiger partial charge in [0.1, 0.15) is 5.75 Å². The lowest BCUT2D eigenvalue weighted by atomic mass is 10.1. The largest absolute Gasteiger partial charge is 0.496 e. The third-order valence-corrected chi connectivity index (χ3v) is 2.15. The lowest BCUT2D eigenvalue weighted by Gasteiger charge is -2.09. The molecule has 0 bridgehead atoms. The fraction of sp³-hybridized carbons (Fsp3) is 0.500. The highest BCUT2D eigenvalue weighted by atomic mass is 16.5. The number of amides is 1. The van der Waals surface area contributed by atoms with E-state index in [9.17, 15) is 4.79 Å². The fourth-order valence-corrected chi connectivity index (χ4v) is 1.38.